The van der Waals surface area contributed by atoms with Crippen LogP contribution in [0.4, 0.5) is 0 Å². The van der Waals surface area contributed by atoms with Gasteiger partial charge >= 0.3 is 0 Å². The van der Waals surface area contributed by atoms with Crippen LogP contribution in [-0.2, 0) is 11.2 Å². The summed E-state index contributed by atoms with van der Waals surface area (Å²) in [6.07, 6.45) is 0.581. The highest BCUT2D eigenvalue weighted by Gasteiger charge is 2.30. The van der Waals surface area contributed by atoms with E-state index in [2.05, 4.69) is 5.32 Å². The van der Waals surface area contributed by atoms with Crippen LogP contribution in [0.2, 0.25) is 0 Å². The number of carbonyl (C=O) groups is 2. The molecule has 1 aromatic carbocycles. The molecule has 0 saturated carbocycles. The van der Waals surface area contributed by atoms with E-state index in [0.717, 1.165) is 5.56 Å². The van der Waals surface area contributed by atoms with Gasteiger partial charge in [-0.2, -0.15) is 0 Å². The zero-order valence-electron chi connectivity index (χ0n) is 10.8. The molecular weight excluding hydrogens is 228 g/mol. The molecule has 2 amide bonds. The molecule has 1 aliphatic rings. The molecule has 1 aromatic rings. The molecule has 1 unspecified atom stereocenters. The zero-order valence-corrected chi connectivity index (χ0v) is 10.8. The Morgan fingerprint density at radius 3 is 2.67 bits per heavy atom. The number of nitrogens with zero attached hydrogens (tertiary/aromatic N) is 1. The van der Waals surface area contributed by atoms with Crippen LogP contribution in [0, 0.1) is 0 Å². The van der Waals surface area contributed by atoms with Crippen molar-refractivity contribution < 1.29 is 9.59 Å². The first-order valence-corrected chi connectivity index (χ1v) is 6.35. The third-order valence-electron chi connectivity index (χ3n) is 3.36. The van der Waals surface area contributed by atoms with Crippen LogP contribution in [0.25, 0.3) is 0 Å². The van der Waals surface area contributed by atoms with E-state index >= 15 is 0 Å². The molecule has 1 N–H and O–H groups in total. The summed E-state index contributed by atoms with van der Waals surface area (Å²) in [7, 11) is 0. The predicted molar refractivity (Wildman–Crippen MR) is 69.3 cm³/mol. The average Bonchev–Trinajstić information content (AvgIpc) is 2.40. The van der Waals surface area contributed by atoms with Gasteiger partial charge in [0.25, 0.3) is 5.91 Å². The minimum atomic E-state index is -0.424. The number of hydrogen-bond acceptors (Lipinski definition) is 2. The summed E-state index contributed by atoms with van der Waals surface area (Å²) in [5, 5.41) is 2.79. The van der Waals surface area contributed by atoms with Crippen LogP contribution in [0.5, 0.6) is 0 Å². The van der Waals surface area contributed by atoms with E-state index in [1.807, 2.05) is 32.0 Å². The number of carbonyl (C=O) groups excluding carboxylic acids is 2. The lowest BCUT2D eigenvalue weighted by Crippen LogP contribution is -2.52. The van der Waals surface area contributed by atoms with Gasteiger partial charge in [-0.15, -0.1) is 0 Å². The molecule has 0 fully saturated rings. The van der Waals surface area contributed by atoms with Gasteiger partial charge in [-0.25, -0.2) is 0 Å². The third kappa shape index (κ3) is 2.23. The van der Waals surface area contributed by atoms with Crippen LogP contribution in [0.1, 0.15) is 29.8 Å². The number of hydrogen-bond donors (Lipinski definition) is 1. The maximum atomic E-state index is 12.2. The first-order valence-electron chi connectivity index (χ1n) is 6.35. The van der Waals surface area contributed by atoms with Crippen molar-refractivity contribution in [2.24, 2.45) is 0 Å². The van der Waals surface area contributed by atoms with Gasteiger partial charge in [0, 0.05) is 25.1 Å². The topological polar surface area (TPSA) is 49.4 Å². The second kappa shape index (κ2) is 5.21. The lowest BCUT2D eigenvalue weighted by Gasteiger charge is -2.29. The van der Waals surface area contributed by atoms with E-state index in [-0.39, 0.29) is 11.8 Å². The Labute approximate surface area is 107 Å². The second-order valence-corrected chi connectivity index (χ2v) is 4.40. The van der Waals surface area contributed by atoms with Crippen molar-refractivity contribution in [2.75, 3.05) is 13.1 Å². The van der Waals surface area contributed by atoms with Crippen LogP contribution in [0.15, 0.2) is 24.3 Å². The highest BCUT2D eigenvalue weighted by Crippen LogP contribution is 2.17. The second-order valence-electron chi connectivity index (χ2n) is 4.40. The summed E-state index contributed by atoms with van der Waals surface area (Å²) in [5.74, 6) is -0.148. The number of benzene rings is 1. The maximum absolute atomic E-state index is 12.2. The maximum Gasteiger partial charge on any atom is 0.252 e. The van der Waals surface area contributed by atoms with Gasteiger partial charge in [0.05, 0.1) is 0 Å². The fraction of sp³-hybridized carbons (Fsp3) is 0.429. The molecule has 0 spiro atoms. The summed E-state index contributed by atoms with van der Waals surface area (Å²) < 4.78 is 0. The predicted octanol–water partition coefficient (Wildman–Crippen LogP) is 1.21. The van der Waals surface area contributed by atoms with Crippen LogP contribution < -0.4 is 5.32 Å². The van der Waals surface area contributed by atoms with Crippen LogP contribution >= 0.6 is 0 Å². The van der Waals surface area contributed by atoms with Crippen LogP contribution in [-0.4, -0.2) is 35.8 Å². The fourth-order valence-corrected chi connectivity index (χ4v) is 2.33. The number of rotatable bonds is 3. The van der Waals surface area contributed by atoms with E-state index < -0.39 is 6.04 Å². The molecule has 0 aliphatic carbocycles. The first-order chi connectivity index (χ1) is 8.67. The molecule has 96 valence electrons. The van der Waals surface area contributed by atoms with E-state index in [1.54, 1.807) is 11.0 Å². The van der Waals surface area contributed by atoms with E-state index in [0.29, 0.717) is 25.1 Å². The summed E-state index contributed by atoms with van der Waals surface area (Å²) >= 11 is 0. The smallest absolute Gasteiger partial charge is 0.252 e. The number of amides is 2. The largest absolute Gasteiger partial charge is 0.341 e. The molecule has 0 bridgehead atoms. The van der Waals surface area contributed by atoms with Crippen molar-refractivity contribution in [2.45, 2.75) is 26.3 Å². The molecule has 4 heteroatoms. The van der Waals surface area contributed by atoms with Crippen molar-refractivity contribution >= 4 is 11.8 Å². The Bertz CT molecular complexity index is 467. The quantitative estimate of drug-likeness (QED) is 0.871. The Morgan fingerprint density at radius 2 is 2.00 bits per heavy atom. The molecule has 4 nitrogen and oxygen atoms in total. The highest BCUT2D eigenvalue weighted by atomic mass is 16.2. The molecule has 1 aliphatic heterocycles. The molecule has 1 atom stereocenters. The fourth-order valence-electron chi connectivity index (χ4n) is 2.33. The van der Waals surface area contributed by atoms with Crippen molar-refractivity contribution in [3.05, 3.63) is 35.4 Å². The molecule has 0 saturated heterocycles. The Hall–Kier alpha value is -1.84. The van der Waals surface area contributed by atoms with Gasteiger partial charge in [0.15, 0.2) is 0 Å². The zero-order chi connectivity index (χ0) is 13.1. The number of fused-ring (bicyclic) bond motifs is 1. The van der Waals surface area contributed by atoms with E-state index in [1.165, 1.54) is 0 Å². The highest BCUT2D eigenvalue weighted by molar-refractivity contribution is 6.00. The number of nitrogens with one attached hydrogen (secondary N) is 1. The summed E-state index contributed by atoms with van der Waals surface area (Å²) in [5.41, 5.74) is 1.63. The van der Waals surface area contributed by atoms with Gasteiger partial charge in [-0.3, -0.25) is 9.59 Å². The van der Waals surface area contributed by atoms with Gasteiger partial charge in [-0.1, -0.05) is 18.2 Å². The van der Waals surface area contributed by atoms with Crippen molar-refractivity contribution in [1.82, 2.24) is 10.2 Å². The molecule has 0 radical (unpaired) electrons. The Kier molecular flexibility index (Phi) is 3.65. The summed E-state index contributed by atoms with van der Waals surface area (Å²) in [6, 6.07) is 7.02. The van der Waals surface area contributed by atoms with Gasteiger partial charge in [0.2, 0.25) is 5.91 Å². The molecule has 1 heterocycles. The van der Waals surface area contributed by atoms with Gasteiger partial charge < -0.3 is 10.2 Å². The molecule has 18 heavy (non-hydrogen) atoms. The van der Waals surface area contributed by atoms with Gasteiger partial charge in [0.1, 0.15) is 6.04 Å². The lowest BCUT2D eigenvalue weighted by atomic mass is 9.94. The SMILES string of the molecule is CCN(CC)C(=O)C1Cc2ccccc2C(=O)N1. The van der Waals surface area contributed by atoms with Gasteiger partial charge in [-0.05, 0) is 25.5 Å². The van der Waals surface area contributed by atoms with Crippen molar-refractivity contribution in [3.63, 3.8) is 0 Å². The first kappa shape index (κ1) is 12.6. The minimum absolute atomic E-state index is 0.00264. The summed E-state index contributed by atoms with van der Waals surface area (Å²) in [4.78, 5) is 25.9. The molecule has 2 rings (SSSR count). The third-order valence-corrected chi connectivity index (χ3v) is 3.36. The normalized spacial score (nSPS) is 17.9. The van der Waals surface area contributed by atoms with Crippen molar-refractivity contribution in [3.8, 4) is 0 Å². The lowest BCUT2D eigenvalue weighted by molar-refractivity contribution is -0.132. The van der Waals surface area contributed by atoms with Crippen LogP contribution in [0.3, 0.4) is 0 Å². The molecular formula is C14H18N2O2. The minimum Gasteiger partial charge on any atom is -0.341 e. The van der Waals surface area contributed by atoms with E-state index in [4.69, 9.17) is 0 Å². The standard InChI is InChI=1S/C14H18N2O2/c1-3-16(4-2)14(18)12-9-10-7-5-6-8-11(10)13(17)15-12/h5-8,12H,3-4,9H2,1-2H3,(H,15,17). The number of likely N-dealkylation sites (N-methyl/N-ethyl adjacent to an activating group) is 1. The Morgan fingerprint density at radius 1 is 1.33 bits per heavy atom. The summed E-state index contributed by atoms with van der Waals surface area (Å²) in [6.45, 7) is 5.23. The van der Waals surface area contributed by atoms with Crippen molar-refractivity contribution in [1.29, 1.82) is 0 Å². The van der Waals surface area contributed by atoms with E-state index in [9.17, 15) is 9.59 Å². The molecule has 0 aromatic heterocycles. The Balaban J connectivity index is 2.21. The average molecular weight is 246 g/mol. The monoisotopic (exact) mass is 246 g/mol.